The summed E-state index contributed by atoms with van der Waals surface area (Å²) in [5.41, 5.74) is 2.92. The van der Waals surface area contributed by atoms with Gasteiger partial charge in [0.25, 0.3) is 0 Å². The van der Waals surface area contributed by atoms with Gasteiger partial charge in [0.05, 0.1) is 17.3 Å². The Bertz CT molecular complexity index is 984. The summed E-state index contributed by atoms with van der Waals surface area (Å²) in [5, 5.41) is 6.33. The summed E-state index contributed by atoms with van der Waals surface area (Å²) in [6.07, 6.45) is 1.48. The lowest BCUT2D eigenvalue weighted by molar-refractivity contribution is -0.121. The third-order valence-electron chi connectivity index (χ3n) is 4.28. The molecule has 0 saturated carbocycles. The molecule has 0 saturated heterocycles. The Morgan fingerprint density at radius 2 is 1.96 bits per heavy atom. The van der Waals surface area contributed by atoms with Gasteiger partial charge >= 0.3 is 0 Å². The highest BCUT2D eigenvalue weighted by Crippen LogP contribution is 2.27. The molecule has 0 fully saturated rings. The number of hydrogen-bond acceptors (Lipinski definition) is 5. The number of aromatic nitrogens is 1. The summed E-state index contributed by atoms with van der Waals surface area (Å²) in [4.78, 5) is 28.1. The molecule has 0 atom stereocenters. The van der Waals surface area contributed by atoms with Gasteiger partial charge in [-0.1, -0.05) is 36.5 Å². The number of rotatable bonds is 8. The highest BCUT2D eigenvalue weighted by molar-refractivity contribution is 7.22. The largest absolute Gasteiger partial charge is 0.497 e. The van der Waals surface area contributed by atoms with Crippen LogP contribution >= 0.6 is 11.3 Å². The van der Waals surface area contributed by atoms with Gasteiger partial charge in [0.1, 0.15) is 5.75 Å². The van der Waals surface area contributed by atoms with Crippen molar-refractivity contribution in [3.63, 3.8) is 0 Å². The quantitative estimate of drug-likeness (QED) is 0.604. The van der Waals surface area contributed by atoms with Crippen molar-refractivity contribution in [1.29, 1.82) is 0 Å². The summed E-state index contributed by atoms with van der Waals surface area (Å²) in [6, 6.07) is 13.6. The van der Waals surface area contributed by atoms with Crippen LogP contribution in [0.15, 0.2) is 42.5 Å². The van der Waals surface area contributed by atoms with E-state index in [1.165, 1.54) is 11.3 Å². The van der Waals surface area contributed by atoms with Crippen LogP contribution < -0.4 is 15.4 Å². The SMILES string of the molecule is CCC(=O)Nc1nc2ccc(CCC(=O)NCc3cccc(OC)c3)cc2s1. The van der Waals surface area contributed by atoms with Crippen LogP contribution in [-0.4, -0.2) is 23.9 Å². The van der Waals surface area contributed by atoms with Crippen LogP contribution in [0.3, 0.4) is 0 Å². The van der Waals surface area contributed by atoms with Gasteiger partial charge in [0.15, 0.2) is 5.13 Å². The second-order valence-corrected chi connectivity index (χ2v) is 7.38. The molecule has 3 aromatic rings. The molecule has 0 aliphatic carbocycles. The summed E-state index contributed by atoms with van der Waals surface area (Å²) < 4.78 is 6.19. The van der Waals surface area contributed by atoms with E-state index in [2.05, 4.69) is 15.6 Å². The Balaban J connectivity index is 1.53. The highest BCUT2D eigenvalue weighted by Gasteiger charge is 2.08. The minimum Gasteiger partial charge on any atom is -0.497 e. The van der Waals surface area contributed by atoms with E-state index in [1.54, 1.807) is 14.0 Å². The number of anilines is 1. The van der Waals surface area contributed by atoms with Crippen LogP contribution in [-0.2, 0) is 22.6 Å². The number of carbonyl (C=O) groups excluding carboxylic acids is 2. The molecule has 28 heavy (non-hydrogen) atoms. The Hall–Kier alpha value is -2.93. The molecule has 6 nitrogen and oxygen atoms in total. The fraction of sp³-hybridized carbons (Fsp3) is 0.286. The zero-order chi connectivity index (χ0) is 19.9. The minimum absolute atomic E-state index is 0.00289. The molecule has 0 aliphatic heterocycles. The summed E-state index contributed by atoms with van der Waals surface area (Å²) >= 11 is 1.44. The van der Waals surface area contributed by atoms with Crippen molar-refractivity contribution >= 4 is 38.5 Å². The number of carbonyl (C=O) groups is 2. The van der Waals surface area contributed by atoms with Crippen LogP contribution in [0.4, 0.5) is 5.13 Å². The second-order valence-electron chi connectivity index (χ2n) is 6.35. The van der Waals surface area contributed by atoms with Gasteiger partial charge in [-0.05, 0) is 41.8 Å². The second kappa shape index (κ2) is 9.32. The van der Waals surface area contributed by atoms with Crippen molar-refractivity contribution < 1.29 is 14.3 Å². The Kier molecular flexibility index (Phi) is 6.60. The smallest absolute Gasteiger partial charge is 0.225 e. The maximum atomic E-state index is 12.2. The number of aryl methyl sites for hydroxylation is 1. The van der Waals surface area contributed by atoms with Gasteiger partial charge in [-0.25, -0.2) is 4.98 Å². The molecule has 146 valence electrons. The van der Waals surface area contributed by atoms with E-state index >= 15 is 0 Å². The van der Waals surface area contributed by atoms with Crippen LogP contribution in [0.1, 0.15) is 30.9 Å². The lowest BCUT2D eigenvalue weighted by Gasteiger charge is -2.07. The molecule has 0 aliphatic rings. The van der Waals surface area contributed by atoms with E-state index < -0.39 is 0 Å². The molecule has 2 aromatic carbocycles. The normalized spacial score (nSPS) is 10.6. The van der Waals surface area contributed by atoms with Crippen molar-refractivity contribution in [2.75, 3.05) is 12.4 Å². The molecular weight excluding hydrogens is 374 g/mol. The van der Waals surface area contributed by atoms with E-state index in [9.17, 15) is 9.59 Å². The molecule has 0 radical (unpaired) electrons. The van der Waals surface area contributed by atoms with Gasteiger partial charge in [-0.2, -0.15) is 0 Å². The molecule has 7 heteroatoms. The van der Waals surface area contributed by atoms with E-state index in [-0.39, 0.29) is 11.8 Å². The third-order valence-corrected chi connectivity index (χ3v) is 5.22. The number of benzene rings is 2. The van der Waals surface area contributed by atoms with Crippen molar-refractivity contribution in [2.24, 2.45) is 0 Å². The highest BCUT2D eigenvalue weighted by atomic mass is 32.1. The average Bonchev–Trinajstić information content (AvgIpc) is 3.12. The van der Waals surface area contributed by atoms with Gasteiger partial charge < -0.3 is 15.4 Å². The zero-order valence-corrected chi connectivity index (χ0v) is 16.8. The van der Waals surface area contributed by atoms with Crippen LogP contribution in [0, 0.1) is 0 Å². The third kappa shape index (κ3) is 5.29. The first-order chi connectivity index (χ1) is 13.6. The predicted molar refractivity (Wildman–Crippen MR) is 112 cm³/mol. The molecule has 0 spiro atoms. The summed E-state index contributed by atoms with van der Waals surface area (Å²) in [6.45, 7) is 2.28. The summed E-state index contributed by atoms with van der Waals surface area (Å²) in [7, 11) is 1.62. The van der Waals surface area contributed by atoms with Crippen molar-refractivity contribution in [3.05, 3.63) is 53.6 Å². The maximum absolute atomic E-state index is 12.2. The van der Waals surface area contributed by atoms with Crippen LogP contribution in [0.2, 0.25) is 0 Å². The zero-order valence-electron chi connectivity index (χ0n) is 16.0. The predicted octanol–water partition coefficient (Wildman–Crippen LogP) is 3.90. The Labute approximate surface area is 167 Å². The van der Waals surface area contributed by atoms with Crippen LogP contribution in [0.25, 0.3) is 10.2 Å². The van der Waals surface area contributed by atoms with Crippen molar-refractivity contribution in [2.45, 2.75) is 32.7 Å². The van der Waals surface area contributed by atoms with E-state index in [1.807, 2.05) is 42.5 Å². The van der Waals surface area contributed by atoms with E-state index in [0.29, 0.717) is 30.9 Å². The lowest BCUT2D eigenvalue weighted by atomic mass is 10.1. The molecule has 0 unspecified atom stereocenters. The van der Waals surface area contributed by atoms with E-state index in [4.69, 9.17) is 4.74 Å². The first kappa shape index (κ1) is 19.8. The number of methoxy groups -OCH3 is 1. The molecule has 2 N–H and O–H groups in total. The van der Waals surface area contributed by atoms with Gasteiger partial charge in [0, 0.05) is 19.4 Å². The minimum atomic E-state index is -0.0491. The van der Waals surface area contributed by atoms with Crippen molar-refractivity contribution in [1.82, 2.24) is 10.3 Å². The molecule has 3 rings (SSSR count). The Morgan fingerprint density at radius 1 is 1.11 bits per heavy atom. The number of fused-ring (bicyclic) bond motifs is 1. The van der Waals surface area contributed by atoms with Crippen molar-refractivity contribution in [3.8, 4) is 5.75 Å². The first-order valence-electron chi connectivity index (χ1n) is 9.16. The number of nitrogens with zero attached hydrogens (tertiary/aromatic N) is 1. The van der Waals surface area contributed by atoms with Gasteiger partial charge in [0.2, 0.25) is 11.8 Å². The monoisotopic (exact) mass is 397 g/mol. The number of ether oxygens (including phenoxy) is 1. The Morgan fingerprint density at radius 3 is 2.75 bits per heavy atom. The average molecular weight is 398 g/mol. The van der Waals surface area contributed by atoms with Gasteiger partial charge in [-0.15, -0.1) is 0 Å². The van der Waals surface area contributed by atoms with Gasteiger partial charge in [-0.3, -0.25) is 9.59 Å². The van der Waals surface area contributed by atoms with E-state index in [0.717, 1.165) is 27.1 Å². The fourth-order valence-corrected chi connectivity index (χ4v) is 3.66. The summed E-state index contributed by atoms with van der Waals surface area (Å²) in [5.74, 6) is 0.731. The van der Waals surface area contributed by atoms with Crippen LogP contribution in [0.5, 0.6) is 5.75 Å². The maximum Gasteiger partial charge on any atom is 0.225 e. The number of amides is 2. The fourth-order valence-electron chi connectivity index (χ4n) is 2.71. The number of thiazole rings is 1. The number of hydrogen-bond donors (Lipinski definition) is 2. The first-order valence-corrected chi connectivity index (χ1v) is 9.98. The molecule has 2 amide bonds. The molecular formula is C21H23N3O3S. The number of nitrogens with one attached hydrogen (secondary N) is 2. The topological polar surface area (TPSA) is 80.3 Å². The molecule has 0 bridgehead atoms. The molecule has 1 heterocycles. The molecule has 1 aromatic heterocycles. The standard InChI is InChI=1S/C21H23N3O3S/c1-3-19(25)24-21-23-17-9-7-14(12-18(17)28-21)8-10-20(26)22-13-15-5-4-6-16(11-15)27-2/h4-7,9,11-12H,3,8,10,13H2,1-2H3,(H,22,26)(H,23,24,25). The lowest BCUT2D eigenvalue weighted by Crippen LogP contribution is -2.22.